The highest BCUT2D eigenvalue weighted by atomic mass is 127. The second-order valence-corrected chi connectivity index (χ2v) is 7.12. The highest BCUT2D eigenvalue weighted by molar-refractivity contribution is 8.14. The van der Waals surface area contributed by atoms with Gasteiger partial charge in [0.15, 0.2) is 6.67 Å². The van der Waals surface area contributed by atoms with E-state index in [9.17, 15) is 8.78 Å². The second-order valence-electron chi connectivity index (χ2n) is 5.10. The van der Waals surface area contributed by atoms with E-state index in [0.29, 0.717) is 6.67 Å². The molecule has 2 aliphatic rings. The van der Waals surface area contributed by atoms with Crippen LogP contribution in [0, 0.1) is 11.6 Å². The zero-order valence-corrected chi connectivity index (χ0v) is 15.3. The molecule has 116 valence electrons. The van der Waals surface area contributed by atoms with Gasteiger partial charge in [-0.25, -0.2) is 8.78 Å². The first-order valence-corrected chi connectivity index (χ1v) is 8.28. The number of hydrogen-bond donors (Lipinski definition) is 0. The van der Waals surface area contributed by atoms with Crippen molar-refractivity contribution in [2.45, 2.75) is 11.6 Å². The maximum Gasteiger partial charge on any atom is 0.387 e. The topological polar surface area (TPSA) is 19.5 Å². The van der Waals surface area contributed by atoms with Crippen LogP contribution in [-0.4, -0.2) is 5.17 Å². The minimum Gasteiger partial charge on any atom is -1.00 e. The summed E-state index contributed by atoms with van der Waals surface area (Å²) in [6, 6.07) is 9.55. The standard InChI is InChI=1S/C15H8F2N3S2.HI/c16-8-1-3-10-12(5-8)21-14-18-15-20(7-19(10)14)11-4-2-9(17)6-13(11)22-15;/h1-6H,7H2;1H/q+1;/p-1. The van der Waals surface area contributed by atoms with E-state index in [4.69, 9.17) is 0 Å². The van der Waals surface area contributed by atoms with Gasteiger partial charge in [0, 0.05) is 4.90 Å². The first kappa shape index (κ1) is 15.3. The molecule has 0 atom stereocenters. The first-order chi connectivity index (χ1) is 10.7. The zero-order chi connectivity index (χ0) is 14.8. The number of hydrogen-bond acceptors (Lipinski definition) is 4. The molecule has 3 heterocycles. The summed E-state index contributed by atoms with van der Waals surface area (Å²) in [7, 11) is 0. The van der Waals surface area contributed by atoms with Crippen molar-refractivity contribution in [3.8, 4) is 0 Å². The molecule has 0 saturated carbocycles. The Labute approximate surface area is 155 Å². The Morgan fingerprint density at radius 1 is 1.09 bits per heavy atom. The predicted molar refractivity (Wildman–Crippen MR) is 83.8 cm³/mol. The van der Waals surface area contributed by atoms with E-state index in [0.717, 1.165) is 31.1 Å². The molecule has 0 amide bonds. The van der Waals surface area contributed by atoms with E-state index in [1.165, 1.54) is 47.4 Å². The van der Waals surface area contributed by atoms with Crippen molar-refractivity contribution >= 4 is 49.3 Å². The highest BCUT2D eigenvalue weighted by Crippen LogP contribution is 2.44. The van der Waals surface area contributed by atoms with Crippen LogP contribution in [0.3, 0.4) is 0 Å². The van der Waals surface area contributed by atoms with E-state index in [2.05, 4.69) is 14.5 Å². The van der Waals surface area contributed by atoms with Crippen molar-refractivity contribution in [1.82, 2.24) is 0 Å². The molecule has 5 rings (SSSR count). The average molecular weight is 459 g/mol. The number of rotatable bonds is 0. The number of benzene rings is 2. The molecule has 3 aromatic rings. The smallest absolute Gasteiger partial charge is 0.387 e. The number of aromatic nitrogens is 1. The molecule has 3 nitrogen and oxygen atoms in total. The van der Waals surface area contributed by atoms with E-state index in [1.54, 1.807) is 12.1 Å². The van der Waals surface area contributed by atoms with Gasteiger partial charge in [-0.2, -0.15) is 4.57 Å². The third-order valence-corrected chi connectivity index (χ3v) is 5.85. The van der Waals surface area contributed by atoms with E-state index < -0.39 is 0 Å². The van der Waals surface area contributed by atoms with Crippen LogP contribution >= 0.6 is 23.1 Å². The van der Waals surface area contributed by atoms with Crippen LogP contribution in [0.2, 0.25) is 0 Å². The fraction of sp³-hybridized carbons (Fsp3) is 0.0667. The third-order valence-electron chi connectivity index (χ3n) is 3.76. The predicted octanol–water partition coefficient (Wildman–Crippen LogP) is 1.04. The van der Waals surface area contributed by atoms with Crippen LogP contribution in [0.15, 0.2) is 46.3 Å². The Kier molecular flexibility index (Phi) is 3.58. The number of nitrogens with zero attached hydrogens (tertiary/aromatic N) is 3. The van der Waals surface area contributed by atoms with Gasteiger partial charge in [0.25, 0.3) is 5.17 Å². The Hall–Kier alpha value is -1.26. The van der Waals surface area contributed by atoms with Crippen molar-refractivity contribution in [3.05, 3.63) is 48.0 Å². The highest BCUT2D eigenvalue weighted by Gasteiger charge is 2.38. The molecule has 0 N–H and O–H groups in total. The van der Waals surface area contributed by atoms with Crippen LogP contribution in [0.25, 0.3) is 10.2 Å². The number of thioether (sulfide) groups is 1. The van der Waals surface area contributed by atoms with E-state index in [-0.39, 0.29) is 35.6 Å². The van der Waals surface area contributed by atoms with Gasteiger partial charge < -0.3 is 24.0 Å². The van der Waals surface area contributed by atoms with Crippen molar-refractivity contribution < 1.29 is 37.3 Å². The molecule has 1 aromatic heterocycles. The normalized spacial score (nSPS) is 14.9. The monoisotopic (exact) mass is 459 g/mol. The Bertz CT molecular complexity index is 986. The lowest BCUT2D eigenvalue weighted by molar-refractivity contribution is -0.653. The molecular formula is C15H8F2IN3S2. The number of anilines is 1. The van der Waals surface area contributed by atoms with Gasteiger partial charge in [0.1, 0.15) is 17.2 Å². The number of thiazole rings is 1. The molecule has 0 unspecified atom stereocenters. The fourth-order valence-electron chi connectivity index (χ4n) is 2.76. The van der Waals surface area contributed by atoms with Crippen LogP contribution in [0.5, 0.6) is 0 Å². The molecule has 0 saturated heterocycles. The number of halogens is 3. The fourth-order valence-corrected chi connectivity index (χ4v) is 4.92. The lowest BCUT2D eigenvalue weighted by atomic mass is 10.3. The van der Waals surface area contributed by atoms with Crippen molar-refractivity contribution in [3.63, 3.8) is 0 Å². The quantitative estimate of drug-likeness (QED) is 0.370. The maximum absolute atomic E-state index is 13.4. The third kappa shape index (κ3) is 2.26. The van der Waals surface area contributed by atoms with E-state index in [1.807, 2.05) is 0 Å². The molecule has 0 bridgehead atoms. The van der Waals surface area contributed by atoms with Crippen molar-refractivity contribution in [2.24, 2.45) is 4.99 Å². The van der Waals surface area contributed by atoms with Gasteiger partial charge in [0.05, 0.1) is 10.4 Å². The summed E-state index contributed by atoms with van der Waals surface area (Å²) in [5, 5.41) is 1.68. The molecule has 2 aromatic carbocycles. The van der Waals surface area contributed by atoms with Gasteiger partial charge in [-0.1, -0.05) is 0 Å². The summed E-state index contributed by atoms with van der Waals surface area (Å²) in [6.07, 6.45) is 0. The molecule has 2 aliphatic heterocycles. The lowest BCUT2D eigenvalue weighted by Gasteiger charge is -2.17. The first-order valence-electron chi connectivity index (χ1n) is 6.64. The number of aliphatic imine (C=N–C) groups is 1. The van der Waals surface area contributed by atoms with Crippen LogP contribution in [0.4, 0.5) is 19.6 Å². The molecule has 8 heteroatoms. The van der Waals surface area contributed by atoms with Crippen molar-refractivity contribution in [1.29, 1.82) is 0 Å². The second kappa shape index (κ2) is 5.38. The SMILES string of the molecule is Fc1ccc2c(c1)SC1=Nc3sc4cc(F)ccc4[n+]3CN12.[I-]. The average Bonchev–Trinajstić information content (AvgIpc) is 3.00. The maximum atomic E-state index is 13.4. The largest absolute Gasteiger partial charge is 1.00 e. The van der Waals surface area contributed by atoms with Crippen LogP contribution in [0.1, 0.15) is 0 Å². The summed E-state index contributed by atoms with van der Waals surface area (Å²) in [4.78, 5) is 7.60. The molecule has 0 aliphatic carbocycles. The van der Waals surface area contributed by atoms with Crippen LogP contribution < -0.4 is 33.4 Å². The van der Waals surface area contributed by atoms with Crippen LogP contribution in [-0.2, 0) is 6.67 Å². The minimum atomic E-state index is -0.241. The van der Waals surface area contributed by atoms with Gasteiger partial charge in [-0.15, -0.1) is 0 Å². The molecule has 23 heavy (non-hydrogen) atoms. The van der Waals surface area contributed by atoms with E-state index >= 15 is 0 Å². The molecule has 0 spiro atoms. The van der Waals surface area contributed by atoms with Gasteiger partial charge >= 0.3 is 5.13 Å². The lowest BCUT2D eigenvalue weighted by Crippen LogP contribution is -3.00. The number of fused-ring (bicyclic) bond motifs is 6. The summed E-state index contributed by atoms with van der Waals surface area (Å²) in [6.45, 7) is 0.603. The number of amidine groups is 1. The molecule has 0 radical (unpaired) electrons. The van der Waals surface area contributed by atoms with Gasteiger partial charge in [-0.05, 0) is 64.5 Å². The van der Waals surface area contributed by atoms with Crippen molar-refractivity contribution in [2.75, 3.05) is 4.90 Å². The summed E-state index contributed by atoms with van der Waals surface area (Å²) in [5.41, 5.74) is 1.93. The Balaban J connectivity index is 0.00000135. The summed E-state index contributed by atoms with van der Waals surface area (Å²) >= 11 is 2.93. The minimum absolute atomic E-state index is 0. The van der Waals surface area contributed by atoms with Gasteiger partial charge in [0.2, 0.25) is 0 Å². The summed E-state index contributed by atoms with van der Waals surface area (Å²) < 4.78 is 29.7. The Morgan fingerprint density at radius 2 is 1.87 bits per heavy atom. The summed E-state index contributed by atoms with van der Waals surface area (Å²) in [5.74, 6) is -0.481. The zero-order valence-electron chi connectivity index (χ0n) is 11.5. The Morgan fingerprint density at radius 3 is 2.74 bits per heavy atom. The van der Waals surface area contributed by atoms with Gasteiger partial charge in [-0.3, -0.25) is 4.90 Å². The molecular weight excluding hydrogens is 451 g/mol. The molecule has 0 fully saturated rings.